The number of carbonyl (C=O) groups is 1. The Morgan fingerprint density at radius 2 is 2.31 bits per heavy atom. The van der Waals surface area contributed by atoms with E-state index in [1.807, 2.05) is 18.2 Å². The van der Waals surface area contributed by atoms with Crippen LogP contribution in [0.25, 0.3) is 0 Å². The maximum absolute atomic E-state index is 11.7. The van der Waals surface area contributed by atoms with Gasteiger partial charge in [0, 0.05) is 17.0 Å². The van der Waals surface area contributed by atoms with Crippen molar-refractivity contribution in [2.45, 2.75) is 24.8 Å². The molecule has 0 radical (unpaired) electrons. The van der Waals surface area contributed by atoms with Crippen LogP contribution in [-0.2, 0) is 0 Å². The van der Waals surface area contributed by atoms with Crippen molar-refractivity contribution in [2.24, 2.45) is 0 Å². The molecule has 0 saturated carbocycles. The summed E-state index contributed by atoms with van der Waals surface area (Å²) < 4.78 is 0. The summed E-state index contributed by atoms with van der Waals surface area (Å²) in [6, 6.07) is 7.50. The van der Waals surface area contributed by atoms with Crippen LogP contribution in [0.5, 0.6) is 0 Å². The van der Waals surface area contributed by atoms with Crippen LogP contribution in [0.2, 0.25) is 0 Å². The first-order valence-corrected chi connectivity index (χ1v) is 6.31. The van der Waals surface area contributed by atoms with Crippen molar-refractivity contribution in [3.8, 4) is 0 Å². The molecule has 0 aliphatic carbocycles. The molecule has 1 rings (SSSR count). The molecule has 0 aliphatic heterocycles. The van der Waals surface area contributed by atoms with Crippen molar-refractivity contribution in [1.82, 2.24) is 5.32 Å². The van der Waals surface area contributed by atoms with Gasteiger partial charge in [0.1, 0.15) is 0 Å². The molecule has 0 aromatic heterocycles. The molecule has 1 aromatic carbocycles. The van der Waals surface area contributed by atoms with Crippen molar-refractivity contribution in [3.05, 3.63) is 29.8 Å². The van der Waals surface area contributed by atoms with E-state index in [9.17, 15) is 4.79 Å². The van der Waals surface area contributed by atoms with Crippen LogP contribution in [-0.4, -0.2) is 29.4 Å². The van der Waals surface area contributed by atoms with Crippen LogP contribution in [0.15, 0.2) is 29.2 Å². The molecule has 3 nitrogen and oxygen atoms in total. The molecule has 1 aromatic rings. The van der Waals surface area contributed by atoms with Gasteiger partial charge < -0.3 is 10.4 Å². The summed E-state index contributed by atoms with van der Waals surface area (Å²) in [6.07, 6.45) is -0.517. The Balaban J connectivity index is 2.64. The van der Waals surface area contributed by atoms with E-state index in [1.165, 1.54) is 0 Å². The Morgan fingerprint density at radius 3 is 2.94 bits per heavy atom. The van der Waals surface area contributed by atoms with E-state index in [0.29, 0.717) is 5.56 Å². The third kappa shape index (κ3) is 4.24. The zero-order valence-corrected chi connectivity index (χ0v) is 10.4. The Labute approximate surface area is 100 Å². The van der Waals surface area contributed by atoms with Gasteiger partial charge in [-0.2, -0.15) is 0 Å². The van der Waals surface area contributed by atoms with E-state index in [-0.39, 0.29) is 12.5 Å². The number of benzene rings is 1. The Hall–Kier alpha value is -1.00. The second-order valence-electron chi connectivity index (χ2n) is 3.52. The summed E-state index contributed by atoms with van der Waals surface area (Å²) in [5, 5.41) is 11.7. The topological polar surface area (TPSA) is 49.3 Å². The van der Waals surface area contributed by atoms with Crippen LogP contribution >= 0.6 is 11.8 Å². The van der Waals surface area contributed by atoms with Gasteiger partial charge in [0.2, 0.25) is 0 Å². The number of hydrogen-bond acceptors (Lipinski definition) is 3. The minimum atomic E-state index is -0.517. The second kappa shape index (κ2) is 6.55. The number of aliphatic hydroxyl groups excluding tert-OH is 1. The Morgan fingerprint density at radius 1 is 1.56 bits per heavy atom. The average molecular weight is 239 g/mol. The number of nitrogens with one attached hydrogen (secondary N) is 1. The van der Waals surface area contributed by atoms with E-state index in [4.69, 9.17) is 5.11 Å². The van der Waals surface area contributed by atoms with Gasteiger partial charge in [-0.15, -0.1) is 11.8 Å². The highest BCUT2D eigenvalue weighted by Crippen LogP contribution is 2.18. The molecule has 16 heavy (non-hydrogen) atoms. The third-order valence-electron chi connectivity index (χ3n) is 1.97. The molecule has 0 fully saturated rings. The number of rotatable bonds is 5. The number of carbonyl (C=O) groups excluding carboxylic acids is 1. The summed E-state index contributed by atoms with van der Waals surface area (Å²) in [6.45, 7) is 4.00. The van der Waals surface area contributed by atoms with Gasteiger partial charge in [0.25, 0.3) is 5.91 Å². The summed E-state index contributed by atoms with van der Waals surface area (Å²) >= 11 is 1.70. The Bertz CT molecular complexity index is 353. The molecule has 88 valence electrons. The van der Waals surface area contributed by atoms with Crippen LogP contribution in [0.3, 0.4) is 0 Å². The van der Waals surface area contributed by atoms with E-state index < -0.39 is 6.10 Å². The molecule has 0 spiro atoms. The Kier molecular flexibility index (Phi) is 5.35. The van der Waals surface area contributed by atoms with E-state index in [0.717, 1.165) is 10.6 Å². The molecular formula is C12H17NO2S. The summed E-state index contributed by atoms with van der Waals surface area (Å²) in [7, 11) is 0. The molecule has 2 N–H and O–H groups in total. The van der Waals surface area contributed by atoms with Gasteiger partial charge in [-0.3, -0.25) is 4.79 Å². The maximum Gasteiger partial charge on any atom is 0.251 e. The SMILES string of the molecule is CCSc1cccc(C(=O)NCC(C)O)c1. The molecule has 1 amide bonds. The largest absolute Gasteiger partial charge is 0.392 e. The van der Waals surface area contributed by atoms with Gasteiger partial charge in [-0.1, -0.05) is 13.0 Å². The minimum absolute atomic E-state index is 0.139. The molecule has 0 aliphatic rings. The number of hydrogen-bond donors (Lipinski definition) is 2. The predicted octanol–water partition coefficient (Wildman–Crippen LogP) is 1.91. The zero-order valence-electron chi connectivity index (χ0n) is 9.56. The highest BCUT2D eigenvalue weighted by Gasteiger charge is 2.06. The van der Waals surface area contributed by atoms with Gasteiger partial charge in [-0.25, -0.2) is 0 Å². The number of aliphatic hydroxyl groups is 1. The van der Waals surface area contributed by atoms with Gasteiger partial charge >= 0.3 is 0 Å². The molecule has 0 saturated heterocycles. The summed E-state index contributed by atoms with van der Waals surface area (Å²) in [4.78, 5) is 12.8. The molecule has 0 bridgehead atoms. The predicted molar refractivity (Wildman–Crippen MR) is 66.9 cm³/mol. The first-order valence-electron chi connectivity index (χ1n) is 5.32. The first kappa shape index (κ1) is 13.1. The fourth-order valence-electron chi connectivity index (χ4n) is 1.24. The fraction of sp³-hybridized carbons (Fsp3) is 0.417. The second-order valence-corrected chi connectivity index (χ2v) is 4.86. The van der Waals surface area contributed by atoms with Crippen molar-refractivity contribution in [3.63, 3.8) is 0 Å². The number of thioether (sulfide) groups is 1. The molecule has 4 heteroatoms. The normalized spacial score (nSPS) is 12.2. The lowest BCUT2D eigenvalue weighted by Crippen LogP contribution is -2.30. The molecule has 1 unspecified atom stereocenters. The van der Waals surface area contributed by atoms with E-state index >= 15 is 0 Å². The molecular weight excluding hydrogens is 222 g/mol. The van der Waals surface area contributed by atoms with Crippen molar-refractivity contribution in [1.29, 1.82) is 0 Å². The first-order chi connectivity index (χ1) is 7.63. The zero-order chi connectivity index (χ0) is 12.0. The lowest BCUT2D eigenvalue weighted by Gasteiger charge is -2.07. The smallest absolute Gasteiger partial charge is 0.251 e. The van der Waals surface area contributed by atoms with Crippen LogP contribution in [0, 0.1) is 0 Å². The quantitative estimate of drug-likeness (QED) is 0.772. The lowest BCUT2D eigenvalue weighted by atomic mass is 10.2. The highest BCUT2D eigenvalue weighted by molar-refractivity contribution is 7.99. The van der Waals surface area contributed by atoms with Gasteiger partial charge in [-0.05, 0) is 30.9 Å². The van der Waals surface area contributed by atoms with Crippen LogP contribution in [0.4, 0.5) is 0 Å². The van der Waals surface area contributed by atoms with Gasteiger partial charge in [0.05, 0.1) is 6.10 Å². The third-order valence-corrected chi connectivity index (χ3v) is 2.84. The highest BCUT2D eigenvalue weighted by atomic mass is 32.2. The molecule has 0 heterocycles. The minimum Gasteiger partial charge on any atom is -0.392 e. The van der Waals surface area contributed by atoms with Crippen molar-refractivity contribution >= 4 is 17.7 Å². The van der Waals surface area contributed by atoms with E-state index in [2.05, 4.69) is 12.2 Å². The molecule has 1 atom stereocenters. The van der Waals surface area contributed by atoms with Crippen LogP contribution < -0.4 is 5.32 Å². The van der Waals surface area contributed by atoms with Crippen molar-refractivity contribution < 1.29 is 9.90 Å². The average Bonchev–Trinajstić information content (AvgIpc) is 2.26. The number of amides is 1. The maximum atomic E-state index is 11.7. The summed E-state index contributed by atoms with van der Waals surface area (Å²) in [5.74, 6) is 0.845. The standard InChI is InChI=1S/C12H17NO2S/c1-3-16-11-6-4-5-10(7-11)12(15)13-8-9(2)14/h4-7,9,14H,3,8H2,1-2H3,(H,13,15). The van der Waals surface area contributed by atoms with Crippen molar-refractivity contribution in [2.75, 3.05) is 12.3 Å². The summed E-state index contributed by atoms with van der Waals surface area (Å²) in [5.41, 5.74) is 0.638. The van der Waals surface area contributed by atoms with Gasteiger partial charge in [0.15, 0.2) is 0 Å². The van der Waals surface area contributed by atoms with Crippen LogP contribution in [0.1, 0.15) is 24.2 Å². The lowest BCUT2D eigenvalue weighted by molar-refractivity contribution is 0.0924. The van der Waals surface area contributed by atoms with E-state index in [1.54, 1.807) is 24.8 Å². The monoisotopic (exact) mass is 239 g/mol. The fourth-order valence-corrected chi connectivity index (χ4v) is 1.95.